The van der Waals surface area contributed by atoms with Crippen molar-refractivity contribution in [3.63, 3.8) is 0 Å². The molecule has 2 aromatic carbocycles. The number of amides is 4. The molecule has 0 unspecified atom stereocenters. The first kappa shape index (κ1) is 26.6. The molecule has 4 rings (SSSR count). The number of carboxylic acid groups (broad SMARTS) is 1. The molecule has 0 saturated carbocycles. The Balaban J connectivity index is 1.62. The van der Waals surface area contributed by atoms with Crippen molar-refractivity contribution in [2.24, 2.45) is 0 Å². The number of likely N-dealkylation sites (N-methyl/N-ethyl adjacent to an activating group) is 1. The first-order valence-electron chi connectivity index (χ1n) is 11.3. The van der Waals surface area contributed by atoms with Gasteiger partial charge in [0.05, 0.1) is 19.5 Å². The Kier molecular flexibility index (Phi) is 7.86. The van der Waals surface area contributed by atoms with Crippen LogP contribution in [0.4, 0.5) is 9.18 Å². The second-order valence-corrected chi connectivity index (χ2v) is 9.64. The Labute approximate surface area is 222 Å². The van der Waals surface area contributed by atoms with Gasteiger partial charge < -0.3 is 20.2 Å². The fourth-order valence-electron chi connectivity index (χ4n) is 4.53. The summed E-state index contributed by atoms with van der Waals surface area (Å²) in [6.07, 6.45) is -1.59. The lowest BCUT2D eigenvalue weighted by molar-refractivity contribution is -0.189. The lowest BCUT2D eigenvalue weighted by atomic mass is 10.0. The summed E-state index contributed by atoms with van der Waals surface area (Å²) in [5.74, 6) is -2.70. The minimum absolute atomic E-state index is 0.0260. The van der Waals surface area contributed by atoms with Crippen LogP contribution >= 0.6 is 23.2 Å². The number of hydrogen-bond acceptors (Lipinski definition) is 5. The standard InChI is InChI=1S/C24H24Cl2FN5O5/c1-29-13-21(33)31-19(9-22(34)35)23(36)30(11-15-4-5-16(25)8-18(15)26)12-20(31)32(29)24(37)28-10-14-2-6-17(27)7-3-14/h2-8,19-20H,9-13H2,1H3,(H,28,37)(H,34,35)/t19-,20-/m0/s1. The Morgan fingerprint density at radius 1 is 1.14 bits per heavy atom. The van der Waals surface area contributed by atoms with E-state index >= 15 is 0 Å². The zero-order chi connectivity index (χ0) is 26.9. The molecule has 2 aliphatic rings. The third-order valence-corrected chi connectivity index (χ3v) is 6.84. The number of urea groups is 1. The minimum atomic E-state index is -1.31. The number of fused-ring (bicyclic) bond motifs is 1. The van der Waals surface area contributed by atoms with Gasteiger partial charge in [-0.15, -0.1) is 0 Å². The van der Waals surface area contributed by atoms with Gasteiger partial charge in [0.2, 0.25) is 11.8 Å². The van der Waals surface area contributed by atoms with Gasteiger partial charge >= 0.3 is 12.0 Å². The summed E-state index contributed by atoms with van der Waals surface area (Å²) < 4.78 is 13.2. The first-order chi connectivity index (χ1) is 17.5. The summed E-state index contributed by atoms with van der Waals surface area (Å²) in [6, 6.07) is 8.54. The summed E-state index contributed by atoms with van der Waals surface area (Å²) in [5, 5.41) is 15.7. The Morgan fingerprint density at radius 2 is 1.84 bits per heavy atom. The van der Waals surface area contributed by atoms with Gasteiger partial charge in [0, 0.05) is 30.2 Å². The van der Waals surface area contributed by atoms with Crippen molar-refractivity contribution in [1.82, 2.24) is 25.1 Å². The maximum Gasteiger partial charge on any atom is 0.334 e. The number of piperazine rings is 1. The number of aliphatic carboxylic acids is 1. The number of nitrogens with zero attached hydrogens (tertiary/aromatic N) is 4. The number of carbonyl (C=O) groups excluding carboxylic acids is 3. The van der Waals surface area contributed by atoms with E-state index in [4.69, 9.17) is 23.2 Å². The zero-order valence-electron chi connectivity index (χ0n) is 19.7. The Hall–Kier alpha value is -3.41. The molecule has 4 amide bonds. The molecular weight excluding hydrogens is 528 g/mol. The number of halogens is 3. The van der Waals surface area contributed by atoms with Crippen LogP contribution in [0.2, 0.25) is 10.0 Å². The highest BCUT2D eigenvalue weighted by Crippen LogP contribution is 2.30. The summed E-state index contributed by atoms with van der Waals surface area (Å²) in [7, 11) is 1.55. The van der Waals surface area contributed by atoms with Gasteiger partial charge in [0.15, 0.2) is 0 Å². The Bertz CT molecular complexity index is 1230. The number of hydrogen-bond donors (Lipinski definition) is 2. The van der Waals surface area contributed by atoms with E-state index in [1.807, 2.05) is 0 Å². The van der Waals surface area contributed by atoms with Crippen molar-refractivity contribution in [3.8, 4) is 0 Å². The van der Waals surface area contributed by atoms with Gasteiger partial charge in [-0.3, -0.25) is 14.4 Å². The number of rotatable bonds is 6. The van der Waals surface area contributed by atoms with E-state index in [0.717, 1.165) is 0 Å². The SMILES string of the molecule is CN1CC(=O)N2[C@@H](CC(=O)O)C(=O)N(Cc3ccc(Cl)cc3Cl)C[C@@H]2N1C(=O)NCc1ccc(F)cc1. The minimum Gasteiger partial charge on any atom is -0.481 e. The summed E-state index contributed by atoms with van der Waals surface area (Å²) in [4.78, 5) is 53.9. The topological polar surface area (TPSA) is 114 Å². The zero-order valence-corrected chi connectivity index (χ0v) is 21.2. The van der Waals surface area contributed by atoms with E-state index in [1.165, 1.54) is 50.1 Å². The lowest BCUT2D eigenvalue weighted by Gasteiger charge is -2.54. The molecule has 13 heteroatoms. The second-order valence-electron chi connectivity index (χ2n) is 8.80. The number of hydrazine groups is 1. The van der Waals surface area contributed by atoms with Crippen LogP contribution in [0.25, 0.3) is 0 Å². The van der Waals surface area contributed by atoms with Crippen molar-refractivity contribution in [2.45, 2.75) is 31.7 Å². The van der Waals surface area contributed by atoms with Gasteiger partial charge in [-0.25, -0.2) is 19.2 Å². The van der Waals surface area contributed by atoms with E-state index in [9.17, 15) is 28.7 Å². The summed E-state index contributed by atoms with van der Waals surface area (Å²) >= 11 is 12.3. The molecule has 0 aromatic heterocycles. The molecule has 2 saturated heterocycles. The van der Waals surface area contributed by atoms with Crippen LogP contribution in [0, 0.1) is 5.82 Å². The molecule has 2 aromatic rings. The molecule has 2 atom stereocenters. The van der Waals surface area contributed by atoms with Crippen LogP contribution in [0.1, 0.15) is 17.5 Å². The molecule has 2 fully saturated rings. The average molecular weight is 552 g/mol. The molecular formula is C24H24Cl2FN5O5. The van der Waals surface area contributed by atoms with E-state index in [2.05, 4.69) is 5.32 Å². The van der Waals surface area contributed by atoms with E-state index in [0.29, 0.717) is 21.2 Å². The van der Waals surface area contributed by atoms with Crippen molar-refractivity contribution in [3.05, 3.63) is 69.5 Å². The Morgan fingerprint density at radius 3 is 2.49 bits per heavy atom. The highest BCUT2D eigenvalue weighted by Gasteiger charge is 2.51. The molecule has 2 heterocycles. The van der Waals surface area contributed by atoms with Crippen molar-refractivity contribution in [1.29, 1.82) is 0 Å². The maximum atomic E-state index is 13.4. The number of carbonyl (C=O) groups is 4. The monoisotopic (exact) mass is 551 g/mol. The predicted octanol–water partition coefficient (Wildman–Crippen LogP) is 2.54. The quantitative estimate of drug-likeness (QED) is 0.570. The highest BCUT2D eigenvalue weighted by molar-refractivity contribution is 6.35. The van der Waals surface area contributed by atoms with E-state index < -0.39 is 48.3 Å². The third-order valence-electron chi connectivity index (χ3n) is 6.25. The summed E-state index contributed by atoms with van der Waals surface area (Å²) in [5.41, 5.74) is 1.23. The average Bonchev–Trinajstić information content (AvgIpc) is 2.82. The van der Waals surface area contributed by atoms with E-state index in [1.54, 1.807) is 19.2 Å². The molecule has 2 N–H and O–H groups in total. The molecule has 0 bridgehead atoms. The molecule has 0 spiro atoms. The molecule has 37 heavy (non-hydrogen) atoms. The van der Waals surface area contributed by atoms with Gasteiger partial charge in [0.1, 0.15) is 18.0 Å². The first-order valence-corrected chi connectivity index (χ1v) is 12.1. The number of nitrogens with one attached hydrogen (secondary N) is 1. The van der Waals surface area contributed by atoms with Crippen molar-refractivity contribution < 1.29 is 28.7 Å². The van der Waals surface area contributed by atoms with Crippen LogP contribution in [-0.4, -0.2) is 81.1 Å². The third kappa shape index (κ3) is 5.79. The lowest BCUT2D eigenvalue weighted by Crippen LogP contribution is -2.76. The molecule has 10 nitrogen and oxygen atoms in total. The van der Waals surface area contributed by atoms with Crippen molar-refractivity contribution >= 4 is 47.0 Å². The van der Waals surface area contributed by atoms with Gasteiger partial charge in [-0.05, 0) is 35.4 Å². The number of carboxylic acids is 1. The summed E-state index contributed by atoms with van der Waals surface area (Å²) in [6.45, 7) is -0.190. The molecule has 0 radical (unpaired) electrons. The van der Waals surface area contributed by atoms with Crippen LogP contribution in [-0.2, 0) is 27.5 Å². The fraction of sp³-hybridized carbons (Fsp3) is 0.333. The van der Waals surface area contributed by atoms with Gasteiger partial charge in [-0.2, -0.15) is 0 Å². The predicted molar refractivity (Wildman–Crippen MR) is 132 cm³/mol. The maximum absolute atomic E-state index is 13.4. The fourth-order valence-corrected chi connectivity index (χ4v) is 5.00. The van der Waals surface area contributed by atoms with Gasteiger partial charge in [-0.1, -0.05) is 41.4 Å². The highest BCUT2D eigenvalue weighted by atomic mass is 35.5. The smallest absolute Gasteiger partial charge is 0.334 e. The normalized spacial score (nSPS) is 20.2. The molecule has 0 aliphatic carbocycles. The van der Waals surface area contributed by atoms with Crippen molar-refractivity contribution in [2.75, 3.05) is 20.1 Å². The van der Waals surface area contributed by atoms with Crippen LogP contribution < -0.4 is 5.32 Å². The van der Waals surface area contributed by atoms with Crippen LogP contribution in [0.3, 0.4) is 0 Å². The van der Waals surface area contributed by atoms with Crippen LogP contribution in [0.5, 0.6) is 0 Å². The molecule has 2 aliphatic heterocycles. The van der Waals surface area contributed by atoms with Crippen LogP contribution in [0.15, 0.2) is 42.5 Å². The van der Waals surface area contributed by atoms with Gasteiger partial charge in [0.25, 0.3) is 0 Å². The largest absolute Gasteiger partial charge is 0.481 e. The second kappa shape index (κ2) is 10.9. The van der Waals surface area contributed by atoms with E-state index in [-0.39, 0.29) is 26.2 Å². The molecule has 196 valence electrons. The number of benzene rings is 2.